The summed E-state index contributed by atoms with van der Waals surface area (Å²) in [4.78, 5) is 110. The largest absolute Gasteiger partial charge is 0.463 e. The Bertz CT molecular complexity index is 2020. The van der Waals surface area contributed by atoms with Crippen LogP contribution in [0, 0.1) is 0 Å². The number of hydrogen-bond donors (Lipinski definition) is 0. The summed E-state index contributed by atoms with van der Waals surface area (Å²) in [6, 6.07) is 7.85. The van der Waals surface area contributed by atoms with Gasteiger partial charge in [0.05, 0.1) is 19.4 Å². The van der Waals surface area contributed by atoms with E-state index < -0.39 is 104 Å². The molecule has 1 aliphatic heterocycles. The van der Waals surface area contributed by atoms with E-state index in [1.165, 1.54) is 49.4 Å². The monoisotopic (exact) mass is 858 g/mol. The lowest BCUT2D eigenvalue weighted by Crippen LogP contribution is -2.63. The Morgan fingerprint density at radius 3 is 1.43 bits per heavy atom. The molecule has 0 radical (unpaired) electrons. The van der Waals surface area contributed by atoms with Gasteiger partial charge in [-0.3, -0.25) is 43.2 Å². The van der Waals surface area contributed by atoms with E-state index in [4.69, 9.17) is 52.1 Å². The van der Waals surface area contributed by atoms with Crippen LogP contribution in [0.15, 0.2) is 48.0 Å². The van der Waals surface area contributed by atoms with E-state index >= 15 is 0 Å². The number of hydrogen-bond acceptors (Lipinski definition) is 20. The molecule has 0 aliphatic carbocycles. The van der Waals surface area contributed by atoms with Gasteiger partial charge in [0.25, 0.3) is 0 Å². The lowest BCUT2D eigenvalue weighted by Gasteiger charge is -2.44. The van der Waals surface area contributed by atoms with E-state index in [9.17, 15) is 43.2 Å². The second kappa shape index (κ2) is 23.2. The van der Waals surface area contributed by atoms with Crippen molar-refractivity contribution in [2.24, 2.45) is 0 Å². The van der Waals surface area contributed by atoms with Crippen molar-refractivity contribution in [3.05, 3.63) is 59.2 Å². The predicted molar refractivity (Wildman–Crippen MR) is 202 cm³/mol. The summed E-state index contributed by atoms with van der Waals surface area (Å²) in [5.74, 6) is -7.70. The molecule has 5 atom stereocenters. The van der Waals surface area contributed by atoms with Crippen LogP contribution in [0.4, 0.5) is 0 Å². The molecule has 0 amide bonds. The Morgan fingerprint density at radius 2 is 0.984 bits per heavy atom. The molecule has 1 aliphatic rings. The highest BCUT2D eigenvalue weighted by Gasteiger charge is 2.53. The van der Waals surface area contributed by atoms with Gasteiger partial charge < -0.3 is 52.1 Å². The predicted octanol–water partition coefficient (Wildman–Crippen LogP) is 2.74. The molecule has 3 rings (SSSR count). The first-order valence-corrected chi connectivity index (χ1v) is 18.5. The first kappa shape index (κ1) is 48.7. The van der Waals surface area contributed by atoms with E-state index in [0.717, 1.165) is 41.5 Å². The quantitative estimate of drug-likeness (QED) is 0.0904. The third-order valence-corrected chi connectivity index (χ3v) is 7.80. The maximum Gasteiger partial charge on any atom is 0.310 e. The zero-order valence-corrected chi connectivity index (χ0v) is 34.6. The zero-order chi connectivity index (χ0) is 45.4. The van der Waals surface area contributed by atoms with Gasteiger partial charge in [-0.15, -0.1) is 0 Å². The molecule has 330 valence electrons. The van der Waals surface area contributed by atoms with E-state index in [2.05, 4.69) is 0 Å². The smallest absolute Gasteiger partial charge is 0.310 e. The van der Waals surface area contributed by atoms with Gasteiger partial charge in [-0.2, -0.15) is 0 Å². The van der Waals surface area contributed by atoms with Gasteiger partial charge in [0, 0.05) is 48.5 Å². The molecule has 0 spiro atoms. The minimum atomic E-state index is -1.72. The van der Waals surface area contributed by atoms with E-state index in [1.54, 1.807) is 6.92 Å². The van der Waals surface area contributed by atoms with Crippen LogP contribution in [0.2, 0.25) is 0 Å². The second-order valence-electron chi connectivity index (χ2n) is 13.3. The van der Waals surface area contributed by atoms with Crippen molar-refractivity contribution in [1.82, 2.24) is 0 Å². The summed E-state index contributed by atoms with van der Waals surface area (Å²) >= 11 is 0. The van der Waals surface area contributed by atoms with Crippen molar-refractivity contribution in [1.29, 1.82) is 0 Å². The Hall–Kier alpha value is -6.67. The van der Waals surface area contributed by atoms with Crippen LogP contribution in [0.3, 0.4) is 0 Å². The van der Waals surface area contributed by atoms with Crippen LogP contribution in [0.25, 0.3) is 0 Å². The normalized spacial score (nSPS) is 18.4. The summed E-state index contributed by atoms with van der Waals surface area (Å²) in [5.41, 5.74) is 0.906. The second-order valence-corrected chi connectivity index (χ2v) is 13.3. The number of esters is 9. The van der Waals surface area contributed by atoms with Gasteiger partial charge in [-0.05, 0) is 54.0 Å². The zero-order valence-electron chi connectivity index (χ0n) is 34.6. The van der Waals surface area contributed by atoms with Gasteiger partial charge >= 0.3 is 53.7 Å². The molecular weight excluding hydrogens is 812 g/mol. The lowest BCUT2D eigenvalue weighted by molar-refractivity contribution is -0.306. The Kier molecular flexibility index (Phi) is 18.5. The fraction of sp³-hybridized carbons (Fsp3) is 0.439. The molecule has 0 bridgehead atoms. The molecule has 20 nitrogen and oxygen atoms in total. The van der Waals surface area contributed by atoms with Gasteiger partial charge in [-0.25, -0.2) is 0 Å². The molecule has 1 heterocycles. The maximum absolute atomic E-state index is 13.8. The van der Waals surface area contributed by atoms with Crippen LogP contribution >= 0.6 is 0 Å². The Labute approximate surface area is 349 Å². The molecule has 0 aromatic heterocycles. The minimum Gasteiger partial charge on any atom is -0.463 e. The van der Waals surface area contributed by atoms with E-state index in [0.29, 0.717) is 5.57 Å². The van der Waals surface area contributed by atoms with Crippen molar-refractivity contribution in [2.75, 3.05) is 19.8 Å². The van der Waals surface area contributed by atoms with Crippen LogP contribution < -0.4 is 18.9 Å². The molecule has 0 unspecified atom stereocenters. The fourth-order valence-corrected chi connectivity index (χ4v) is 5.51. The number of benzene rings is 2. The molecular formula is C41H46O20. The Balaban J connectivity index is 2.08. The number of ether oxygens (including phenoxy) is 11. The van der Waals surface area contributed by atoms with Gasteiger partial charge in [0.1, 0.15) is 19.3 Å². The third kappa shape index (κ3) is 16.8. The molecule has 1 saturated heterocycles. The SMILES string of the molecule is CC(=O)OC/C=C(\C)CO[C@@H]1O[C@H](COC(C)=O)[C@@H](OC(C)=O)[C@H](OC(=O)Cc2ccc(OC(C)=O)c(OC(C)=O)c2)[C@H]1OC(=O)Cc1ccc(OC(C)=O)c(OC(C)=O)c1. The molecule has 0 saturated carbocycles. The highest BCUT2D eigenvalue weighted by Crippen LogP contribution is 2.33. The first-order valence-electron chi connectivity index (χ1n) is 18.5. The summed E-state index contributed by atoms with van der Waals surface area (Å²) in [7, 11) is 0. The van der Waals surface area contributed by atoms with Crippen molar-refractivity contribution in [2.45, 2.75) is 98.9 Å². The Morgan fingerprint density at radius 1 is 0.525 bits per heavy atom. The molecule has 2 aromatic rings. The van der Waals surface area contributed by atoms with Crippen LogP contribution in [0.5, 0.6) is 23.0 Å². The maximum atomic E-state index is 13.8. The van der Waals surface area contributed by atoms with Gasteiger partial charge in [0.15, 0.2) is 47.6 Å². The minimum absolute atomic E-state index is 0.106. The van der Waals surface area contributed by atoms with Crippen LogP contribution in [-0.2, 0) is 89.2 Å². The molecule has 2 aromatic carbocycles. The van der Waals surface area contributed by atoms with Crippen molar-refractivity contribution in [3.63, 3.8) is 0 Å². The van der Waals surface area contributed by atoms with E-state index in [-0.39, 0.29) is 47.3 Å². The average molecular weight is 859 g/mol. The summed E-state index contributed by atoms with van der Waals surface area (Å²) < 4.78 is 60.1. The van der Waals surface area contributed by atoms with Crippen LogP contribution in [0.1, 0.15) is 66.5 Å². The van der Waals surface area contributed by atoms with Crippen LogP contribution in [-0.4, -0.2) is 104 Å². The molecule has 20 heteroatoms. The lowest BCUT2D eigenvalue weighted by atomic mass is 9.97. The van der Waals surface area contributed by atoms with Crippen molar-refractivity contribution >= 4 is 53.7 Å². The third-order valence-electron chi connectivity index (χ3n) is 7.80. The van der Waals surface area contributed by atoms with Crippen molar-refractivity contribution < 1.29 is 95.3 Å². The summed E-state index contributed by atoms with van der Waals surface area (Å²) in [5, 5.41) is 0. The summed E-state index contributed by atoms with van der Waals surface area (Å²) in [6.45, 7) is 8.59. The fourth-order valence-electron chi connectivity index (χ4n) is 5.51. The van der Waals surface area contributed by atoms with E-state index in [1.807, 2.05) is 0 Å². The average Bonchev–Trinajstić information content (AvgIpc) is 3.13. The van der Waals surface area contributed by atoms with Gasteiger partial charge in [-0.1, -0.05) is 12.1 Å². The molecule has 61 heavy (non-hydrogen) atoms. The molecule has 1 fully saturated rings. The first-order chi connectivity index (χ1) is 28.7. The topological polar surface area (TPSA) is 255 Å². The van der Waals surface area contributed by atoms with Gasteiger partial charge in [0.2, 0.25) is 0 Å². The highest BCUT2D eigenvalue weighted by molar-refractivity contribution is 5.78. The highest BCUT2D eigenvalue weighted by atomic mass is 16.7. The number of carbonyl (C=O) groups is 9. The number of rotatable bonds is 18. The van der Waals surface area contributed by atoms with Crippen molar-refractivity contribution in [3.8, 4) is 23.0 Å². The molecule has 0 N–H and O–H groups in total. The summed E-state index contributed by atoms with van der Waals surface area (Å²) in [6.07, 6.45) is -7.57. The number of carbonyl (C=O) groups excluding carboxylic acids is 9. The standard InChI is InChI=1S/C41H46O20/c1-21(13-14-51-22(2)42)19-53-41-40(61-37(50)18-30-10-12-32(55-25(5)45)34(16-30)57-27(7)47)39(38(58-28(8)48)35(59-41)20-52-23(3)43)60-36(49)17-29-9-11-31(54-24(4)44)33(15-29)56-26(6)46/h9-13,15-16,35,38-41H,14,17-20H2,1-8H3/b21-13+/t35-,38-,39+,40-,41-/m1/s1.